The Morgan fingerprint density at radius 2 is 1.57 bits per heavy atom. The zero-order valence-electron chi connectivity index (χ0n) is 10.3. The molecule has 0 radical (unpaired) electrons. The summed E-state index contributed by atoms with van der Waals surface area (Å²) >= 11 is 0. The molecule has 1 saturated heterocycles. The molecule has 2 unspecified atom stereocenters. The van der Waals surface area contributed by atoms with Crippen molar-refractivity contribution < 1.29 is 4.79 Å². The maximum atomic E-state index is 12.1. The van der Waals surface area contributed by atoms with Crippen molar-refractivity contribution in [1.82, 2.24) is 5.32 Å². The Labute approximate surface area is 87.5 Å². The molecule has 0 aliphatic carbocycles. The summed E-state index contributed by atoms with van der Waals surface area (Å²) in [4.78, 5) is 12.1. The number of Topliss-reactive ketones (excluding diaryl/α,β-unsaturated/α-hetero) is 1. The van der Waals surface area contributed by atoms with Gasteiger partial charge in [0.15, 0.2) is 5.78 Å². The van der Waals surface area contributed by atoms with E-state index < -0.39 is 0 Å². The van der Waals surface area contributed by atoms with E-state index in [1.165, 1.54) is 0 Å². The topological polar surface area (TPSA) is 29.1 Å². The standard InChI is InChI=1S/C12H23NO/c1-11(2,3)8-7-13-10(9(8)14)12(4,5)6/h8,10,13H,7H2,1-6H3. The summed E-state index contributed by atoms with van der Waals surface area (Å²) < 4.78 is 0. The van der Waals surface area contributed by atoms with Gasteiger partial charge >= 0.3 is 0 Å². The first kappa shape index (κ1) is 11.7. The third-order valence-electron chi connectivity index (χ3n) is 3.07. The molecular weight excluding hydrogens is 174 g/mol. The first-order valence-electron chi connectivity index (χ1n) is 5.41. The summed E-state index contributed by atoms with van der Waals surface area (Å²) in [6, 6.07) is 0.0340. The Balaban J connectivity index is 2.80. The summed E-state index contributed by atoms with van der Waals surface area (Å²) in [6.45, 7) is 13.6. The maximum Gasteiger partial charge on any atom is 0.155 e. The highest BCUT2D eigenvalue weighted by molar-refractivity contribution is 5.89. The summed E-state index contributed by atoms with van der Waals surface area (Å²) in [5, 5.41) is 3.35. The lowest BCUT2D eigenvalue weighted by molar-refractivity contribution is -0.126. The Hall–Kier alpha value is -0.370. The number of hydrogen-bond acceptors (Lipinski definition) is 2. The van der Waals surface area contributed by atoms with Gasteiger partial charge in [-0.2, -0.15) is 0 Å². The molecule has 0 aromatic heterocycles. The molecule has 82 valence electrons. The lowest BCUT2D eigenvalue weighted by atomic mass is 9.75. The van der Waals surface area contributed by atoms with Gasteiger partial charge in [0, 0.05) is 12.5 Å². The second kappa shape index (κ2) is 3.34. The van der Waals surface area contributed by atoms with E-state index in [-0.39, 0.29) is 22.8 Å². The van der Waals surface area contributed by atoms with Crippen LogP contribution in [0.3, 0.4) is 0 Å². The highest BCUT2D eigenvalue weighted by Crippen LogP contribution is 2.35. The molecule has 1 rings (SSSR count). The summed E-state index contributed by atoms with van der Waals surface area (Å²) in [7, 11) is 0. The van der Waals surface area contributed by atoms with Crippen molar-refractivity contribution >= 4 is 5.78 Å². The SMILES string of the molecule is CC(C)(C)C1CNC(C(C)(C)C)C1=O. The molecule has 0 spiro atoms. The van der Waals surface area contributed by atoms with E-state index in [0.29, 0.717) is 5.78 Å². The molecule has 1 aliphatic heterocycles. The minimum atomic E-state index is 0.0340. The van der Waals surface area contributed by atoms with Crippen LogP contribution in [0.5, 0.6) is 0 Å². The van der Waals surface area contributed by atoms with Crippen LogP contribution < -0.4 is 5.32 Å². The van der Waals surface area contributed by atoms with Crippen molar-refractivity contribution in [2.75, 3.05) is 6.54 Å². The Morgan fingerprint density at radius 1 is 1.07 bits per heavy atom. The van der Waals surface area contributed by atoms with Gasteiger partial charge in [-0.05, 0) is 10.8 Å². The van der Waals surface area contributed by atoms with Crippen molar-refractivity contribution in [3.8, 4) is 0 Å². The highest BCUT2D eigenvalue weighted by Gasteiger charge is 2.44. The number of ketones is 1. The molecule has 1 N–H and O–H groups in total. The molecule has 2 nitrogen and oxygen atoms in total. The average Bonchev–Trinajstić information content (AvgIpc) is 2.26. The first-order valence-corrected chi connectivity index (χ1v) is 5.41. The lowest BCUT2D eigenvalue weighted by Gasteiger charge is -2.28. The van der Waals surface area contributed by atoms with Crippen molar-refractivity contribution in [3.63, 3.8) is 0 Å². The van der Waals surface area contributed by atoms with E-state index in [2.05, 4.69) is 46.9 Å². The third-order valence-corrected chi connectivity index (χ3v) is 3.07. The molecular formula is C12H23NO. The van der Waals surface area contributed by atoms with Crippen LogP contribution in [0.1, 0.15) is 41.5 Å². The molecule has 1 fully saturated rings. The predicted molar refractivity (Wildman–Crippen MR) is 59.2 cm³/mol. The molecule has 14 heavy (non-hydrogen) atoms. The smallest absolute Gasteiger partial charge is 0.155 e. The van der Waals surface area contributed by atoms with Gasteiger partial charge in [-0.3, -0.25) is 4.79 Å². The Bertz CT molecular complexity index is 208. The van der Waals surface area contributed by atoms with Gasteiger partial charge in [-0.1, -0.05) is 41.5 Å². The van der Waals surface area contributed by atoms with E-state index in [4.69, 9.17) is 0 Å². The Kier molecular flexibility index (Phi) is 2.79. The molecule has 0 bridgehead atoms. The van der Waals surface area contributed by atoms with Crippen LogP contribution in [0.25, 0.3) is 0 Å². The number of carbonyl (C=O) groups excluding carboxylic acids is 1. The Morgan fingerprint density at radius 3 is 1.79 bits per heavy atom. The zero-order valence-corrected chi connectivity index (χ0v) is 10.3. The zero-order chi connectivity index (χ0) is 11.1. The largest absolute Gasteiger partial charge is 0.306 e. The number of nitrogens with one attached hydrogen (secondary N) is 1. The second-order valence-electron chi connectivity index (χ2n) is 6.53. The molecule has 2 heteroatoms. The fourth-order valence-electron chi connectivity index (χ4n) is 2.10. The molecule has 0 amide bonds. The van der Waals surface area contributed by atoms with E-state index in [9.17, 15) is 4.79 Å². The summed E-state index contributed by atoms with van der Waals surface area (Å²) in [5.41, 5.74) is 0.126. The van der Waals surface area contributed by atoms with Crippen LogP contribution in [0.4, 0.5) is 0 Å². The average molecular weight is 197 g/mol. The third kappa shape index (κ3) is 2.17. The van der Waals surface area contributed by atoms with Crippen molar-refractivity contribution in [3.05, 3.63) is 0 Å². The molecule has 1 aliphatic rings. The molecule has 2 atom stereocenters. The van der Waals surface area contributed by atoms with Crippen molar-refractivity contribution in [2.45, 2.75) is 47.6 Å². The molecule has 0 saturated carbocycles. The van der Waals surface area contributed by atoms with Gasteiger partial charge in [0.25, 0.3) is 0 Å². The van der Waals surface area contributed by atoms with Crippen LogP contribution in [0.2, 0.25) is 0 Å². The predicted octanol–water partition coefficient (Wildman–Crippen LogP) is 2.24. The second-order valence-corrected chi connectivity index (χ2v) is 6.53. The summed E-state index contributed by atoms with van der Waals surface area (Å²) in [6.07, 6.45) is 0. The van der Waals surface area contributed by atoms with Gasteiger partial charge in [-0.25, -0.2) is 0 Å². The molecule has 0 aromatic carbocycles. The fraction of sp³-hybridized carbons (Fsp3) is 0.917. The van der Waals surface area contributed by atoms with E-state index in [1.807, 2.05) is 0 Å². The molecule has 0 aromatic rings. The fourth-order valence-corrected chi connectivity index (χ4v) is 2.10. The van der Waals surface area contributed by atoms with Crippen molar-refractivity contribution in [1.29, 1.82) is 0 Å². The minimum Gasteiger partial charge on any atom is -0.306 e. The van der Waals surface area contributed by atoms with Gasteiger partial charge < -0.3 is 5.32 Å². The number of hydrogen-bond donors (Lipinski definition) is 1. The summed E-state index contributed by atoms with van der Waals surface area (Å²) in [5.74, 6) is 0.566. The molecule has 1 heterocycles. The monoisotopic (exact) mass is 197 g/mol. The first-order chi connectivity index (χ1) is 6.14. The van der Waals surface area contributed by atoms with Gasteiger partial charge in [0.05, 0.1) is 6.04 Å². The van der Waals surface area contributed by atoms with Crippen molar-refractivity contribution in [2.24, 2.45) is 16.7 Å². The van der Waals surface area contributed by atoms with Crippen LogP contribution in [-0.4, -0.2) is 18.4 Å². The van der Waals surface area contributed by atoms with E-state index >= 15 is 0 Å². The maximum absolute atomic E-state index is 12.1. The van der Waals surface area contributed by atoms with Crippen LogP contribution in [0, 0.1) is 16.7 Å². The van der Waals surface area contributed by atoms with Crippen LogP contribution in [-0.2, 0) is 4.79 Å². The van der Waals surface area contributed by atoms with E-state index in [0.717, 1.165) is 6.54 Å². The van der Waals surface area contributed by atoms with Gasteiger partial charge in [0.1, 0.15) is 0 Å². The number of carbonyl (C=O) groups is 1. The minimum absolute atomic E-state index is 0.0340. The van der Waals surface area contributed by atoms with Gasteiger partial charge in [0.2, 0.25) is 0 Å². The lowest BCUT2D eigenvalue weighted by Crippen LogP contribution is -2.40. The van der Waals surface area contributed by atoms with Crippen LogP contribution in [0.15, 0.2) is 0 Å². The van der Waals surface area contributed by atoms with E-state index in [1.54, 1.807) is 0 Å². The highest BCUT2D eigenvalue weighted by atomic mass is 16.1. The van der Waals surface area contributed by atoms with Crippen LogP contribution >= 0.6 is 0 Å². The number of rotatable bonds is 0. The normalized spacial score (nSPS) is 29.7. The van der Waals surface area contributed by atoms with Gasteiger partial charge in [-0.15, -0.1) is 0 Å². The quantitative estimate of drug-likeness (QED) is 0.645.